The lowest BCUT2D eigenvalue weighted by molar-refractivity contribution is 0.0600. The van der Waals surface area contributed by atoms with Gasteiger partial charge in [-0.05, 0) is 35.4 Å². The van der Waals surface area contributed by atoms with E-state index in [2.05, 4.69) is 4.74 Å². The number of hydrogen-bond donors (Lipinski definition) is 1. The molecule has 2 aromatic carbocycles. The SMILES string of the molecule is COC(=O)c1ccc(COc2ccc(CN)cc2F)cc1. The Morgan fingerprint density at radius 3 is 2.38 bits per heavy atom. The van der Waals surface area contributed by atoms with Crippen molar-refractivity contribution in [3.8, 4) is 5.75 Å². The predicted molar refractivity (Wildman–Crippen MR) is 76.4 cm³/mol. The maximum atomic E-state index is 13.7. The van der Waals surface area contributed by atoms with Crippen molar-refractivity contribution in [1.82, 2.24) is 0 Å². The van der Waals surface area contributed by atoms with E-state index in [1.165, 1.54) is 13.2 Å². The summed E-state index contributed by atoms with van der Waals surface area (Å²) in [6.45, 7) is 0.493. The van der Waals surface area contributed by atoms with Gasteiger partial charge in [-0.2, -0.15) is 0 Å². The average Bonchev–Trinajstić information content (AvgIpc) is 2.53. The van der Waals surface area contributed by atoms with Crippen LogP contribution in [0.4, 0.5) is 4.39 Å². The van der Waals surface area contributed by atoms with E-state index in [1.54, 1.807) is 36.4 Å². The fourth-order valence-corrected chi connectivity index (χ4v) is 1.80. The second kappa shape index (κ2) is 6.85. The number of ether oxygens (including phenoxy) is 2. The molecule has 0 radical (unpaired) electrons. The molecule has 2 aromatic rings. The third kappa shape index (κ3) is 3.79. The summed E-state index contributed by atoms with van der Waals surface area (Å²) in [5, 5.41) is 0. The van der Waals surface area contributed by atoms with Crippen LogP contribution in [0, 0.1) is 5.82 Å². The van der Waals surface area contributed by atoms with Gasteiger partial charge in [0.2, 0.25) is 0 Å². The molecule has 0 aliphatic carbocycles. The van der Waals surface area contributed by atoms with Crippen LogP contribution in [-0.4, -0.2) is 13.1 Å². The average molecular weight is 289 g/mol. The molecule has 0 amide bonds. The Balaban J connectivity index is 2.01. The van der Waals surface area contributed by atoms with Gasteiger partial charge in [0.1, 0.15) is 6.61 Å². The highest BCUT2D eigenvalue weighted by Crippen LogP contribution is 2.19. The highest BCUT2D eigenvalue weighted by molar-refractivity contribution is 5.89. The van der Waals surface area contributed by atoms with Crippen LogP contribution in [0.2, 0.25) is 0 Å². The molecule has 0 bridgehead atoms. The quantitative estimate of drug-likeness (QED) is 0.860. The van der Waals surface area contributed by atoms with Crippen LogP contribution >= 0.6 is 0 Å². The Hall–Kier alpha value is -2.40. The maximum absolute atomic E-state index is 13.7. The Morgan fingerprint density at radius 1 is 1.14 bits per heavy atom. The van der Waals surface area contributed by atoms with Gasteiger partial charge in [0.25, 0.3) is 0 Å². The summed E-state index contributed by atoms with van der Waals surface area (Å²) in [6.07, 6.45) is 0. The van der Waals surface area contributed by atoms with E-state index < -0.39 is 11.8 Å². The van der Waals surface area contributed by atoms with Crippen LogP contribution in [0.3, 0.4) is 0 Å². The molecule has 0 spiro atoms. The van der Waals surface area contributed by atoms with Crippen LogP contribution < -0.4 is 10.5 Å². The molecular weight excluding hydrogens is 273 g/mol. The summed E-state index contributed by atoms with van der Waals surface area (Å²) in [6, 6.07) is 11.4. The molecule has 0 saturated heterocycles. The van der Waals surface area contributed by atoms with Gasteiger partial charge in [0.05, 0.1) is 12.7 Å². The minimum atomic E-state index is -0.441. The zero-order chi connectivity index (χ0) is 15.2. The van der Waals surface area contributed by atoms with Crippen LogP contribution in [0.25, 0.3) is 0 Å². The minimum Gasteiger partial charge on any atom is -0.486 e. The summed E-state index contributed by atoms with van der Waals surface area (Å²) in [5.74, 6) is -0.667. The second-order valence-electron chi connectivity index (χ2n) is 4.45. The van der Waals surface area contributed by atoms with Crippen molar-refractivity contribution >= 4 is 5.97 Å². The lowest BCUT2D eigenvalue weighted by Gasteiger charge is -2.09. The number of nitrogens with two attached hydrogens (primary N) is 1. The van der Waals surface area contributed by atoms with Crippen LogP contribution in [0.15, 0.2) is 42.5 Å². The van der Waals surface area contributed by atoms with Crippen LogP contribution in [0.5, 0.6) is 5.75 Å². The molecule has 0 aromatic heterocycles. The molecular formula is C16H16FNO3. The largest absolute Gasteiger partial charge is 0.486 e. The molecule has 0 fully saturated rings. The highest BCUT2D eigenvalue weighted by atomic mass is 19.1. The van der Waals surface area contributed by atoms with Crippen molar-refractivity contribution in [2.24, 2.45) is 5.73 Å². The predicted octanol–water partition coefficient (Wildman–Crippen LogP) is 2.65. The first-order valence-electron chi connectivity index (χ1n) is 6.42. The number of methoxy groups -OCH3 is 1. The molecule has 0 atom stereocenters. The summed E-state index contributed by atoms with van der Waals surface area (Å²) in [5.41, 5.74) is 7.43. The number of benzene rings is 2. The Morgan fingerprint density at radius 2 is 1.81 bits per heavy atom. The first kappa shape index (κ1) is 15.0. The first-order chi connectivity index (χ1) is 10.1. The van der Waals surface area contributed by atoms with Crippen molar-refractivity contribution < 1.29 is 18.7 Å². The van der Waals surface area contributed by atoms with Crippen molar-refractivity contribution in [3.63, 3.8) is 0 Å². The monoisotopic (exact) mass is 289 g/mol. The van der Waals surface area contributed by atoms with E-state index in [4.69, 9.17) is 10.5 Å². The van der Waals surface area contributed by atoms with Gasteiger partial charge in [-0.15, -0.1) is 0 Å². The normalized spacial score (nSPS) is 10.2. The number of halogens is 1. The fraction of sp³-hybridized carbons (Fsp3) is 0.188. The third-order valence-electron chi connectivity index (χ3n) is 3.00. The molecule has 0 heterocycles. The molecule has 0 unspecified atom stereocenters. The number of carbonyl (C=O) groups excluding carboxylic acids is 1. The molecule has 4 nitrogen and oxygen atoms in total. The van der Waals surface area contributed by atoms with Crippen LogP contribution in [-0.2, 0) is 17.9 Å². The van der Waals surface area contributed by atoms with Gasteiger partial charge in [-0.1, -0.05) is 18.2 Å². The van der Waals surface area contributed by atoms with Gasteiger partial charge < -0.3 is 15.2 Å². The highest BCUT2D eigenvalue weighted by Gasteiger charge is 2.07. The zero-order valence-corrected chi connectivity index (χ0v) is 11.6. The molecule has 0 aliphatic rings. The van der Waals surface area contributed by atoms with E-state index in [1.807, 2.05) is 0 Å². The number of hydrogen-bond acceptors (Lipinski definition) is 4. The smallest absolute Gasteiger partial charge is 0.337 e. The summed E-state index contributed by atoms with van der Waals surface area (Å²) < 4.78 is 23.7. The summed E-state index contributed by atoms with van der Waals surface area (Å²) in [7, 11) is 1.33. The second-order valence-corrected chi connectivity index (χ2v) is 4.45. The lowest BCUT2D eigenvalue weighted by atomic mass is 10.1. The molecule has 2 rings (SSSR count). The standard InChI is InChI=1S/C16H16FNO3/c1-20-16(19)13-5-2-11(3-6-13)10-21-15-7-4-12(9-18)8-14(15)17/h2-8H,9-10,18H2,1H3. The number of rotatable bonds is 5. The number of esters is 1. The molecule has 2 N–H and O–H groups in total. The Bertz CT molecular complexity index is 626. The number of carbonyl (C=O) groups is 1. The molecule has 21 heavy (non-hydrogen) atoms. The van der Waals surface area contributed by atoms with E-state index in [0.29, 0.717) is 11.1 Å². The molecule has 110 valence electrons. The summed E-state index contributed by atoms with van der Waals surface area (Å²) in [4.78, 5) is 11.3. The zero-order valence-electron chi connectivity index (χ0n) is 11.6. The molecule has 0 saturated carbocycles. The van der Waals surface area contributed by atoms with Gasteiger partial charge in [0, 0.05) is 6.54 Å². The lowest BCUT2D eigenvalue weighted by Crippen LogP contribution is -2.03. The Kier molecular flexibility index (Phi) is 4.90. The van der Waals surface area contributed by atoms with Gasteiger partial charge >= 0.3 is 5.97 Å². The van der Waals surface area contributed by atoms with Gasteiger partial charge in [-0.25, -0.2) is 9.18 Å². The maximum Gasteiger partial charge on any atom is 0.337 e. The van der Waals surface area contributed by atoms with Gasteiger partial charge in [0.15, 0.2) is 11.6 Å². The Labute approximate surface area is 122 Å². The van der Waals surface area contributed by atoms with E-state index in [9.17, 15) is 9.18 Å². The van der Waals surface area contributed by atoms with E-state index >= 15 is 0 Å². The third-order valence-corrected chi connectivity index (χ3v) is 3.00. The van der Waals surface area contributed by atoms with E-state index in [0.717, 1.165) is 5.56 Å². The van der Waals surface area contributed by atoms with Gasteiger partial charge in [-0.3, -0.25) is 0 Å². The summed E-state index contributed by atoms with van der Waals surface area (Å²) >= 11 is 0. The van der Waals surface area contributed by atoms with Crippen molar-refractivity contribution in [1.29, 1.82) is 0 Å². The van der Waals surface area contributed by atoms with E-state index in [-0.39, 0.29) is 18.9 Å². The van der Waals surface area contributed by atoms with Crippen molar-refractivity contribution in [2.45, 2.75) is 13.2 Å². The fourth-order valence-electron chi connectivity index (χ4n) is 1.80. The van der Waals surface area contributed by atoms with Crippen molar-refractivity contribution in [2.75, 3.05) is 7.11 Å². The molecule has 5 heteroatoms. The topological polar surface area (TPSA) is 61.5 Å². The minimum absolute atomic E-state index is 0.171. The molecule has 0 aliphatic heterocycles. The van der Waals surface area contributed by atoms with Crippen molar-refractivity contribution in [3.05, 3.63) is 65.0 Å². The van der Waals surface area contributed by atoms with Crippen LogP contribution in [0.1, 0.15) is 21.5 Å². The first-order valence-corrected chi connectivity index (χ1v) is 6.42.